The second-order valence-electron chi connectivity index (χ2n) is 6.70. The van der Waals surface area contributed by atoms with Crippen LogP contribution in [-0.4, -0.2) is 32.9 Å². The third-order valence-electron chi connectivity index (χ3n) is 4.23. The molecule has 2 heterocycles. The van der Waals surface area contributed by atoms with Gasteiger partial charge in [0.05, 0.1) is 16.9 Å². The SMILES string of the molecule is O=C(Cc1cccc([N+](=O)[O-])c1)Nc1ccc2[nH+]c(-c3cscn3)[nH]c2c1.O=C([O-])C(F)(F)F. The number of carboxylic acids is 1. The van der Waals surface area contributed by atoms with E-state index in [1.54, 1.807) is 23.7 Å². The number of halogens is 3. The average molecular weight is 493 g/mol. The first-order valence-electron chi connectivity index (χ1n) is 9.28. The fourth-order valence-electron chi connectivity index (χ4n) is 2.77. The van der Waals surface area contributed by atoms with Gasteiger partial charge in [-0.1, -0.05) is 12.1 Å². The summed E-state index contributed by atoms with van der Waals surface area (Å²) in [5, 5.41) is 24.4. The van der Waals surface area contributed by atoms with Crippen LogP contribution in [0.2, 0.25) is 0 Å². The summed E-state index contributed by atoms with van der Waals surface area (Å²) in [7, 11) is 0. The van der Waals surface area contributed by atoms with Gasteiger partial charge in [0.1, 0.15) is 5.97 Å². The number of anilines is 1. The molecule has 0 radical (unpaired) electrons. The highest BCUT2D eigenvalue weighted by molar-refractivity contribution is 7.07. The molecule has 0 fully saturated rings. The van der Waals surface area contributed by atoms with Gasteiger partial charge in [0.15, 0.2) is 16.7 Å². The van der Waals surface area contributed by atoms with Crippen molar-refractivity contribution in [3.05, 3.63) is 69.0 Å². The lowest BCUT2D eigenvalue weighted by molar-refractivity contribution is -0.384. The first-order valence-corrected chi connectivity index (χ1v) is 10.2. The molecular formula is C20H14F3N5O5S. The average Bonchev–Trinajstić information content (AvgIpc) is 3.43. The number of carbonyl (C=O) groups is 2. The van der Waals surface area contributed by atoms with Gasteiger partial charge in [0.25, 0.3) is 5.69 Å². The Kier molecular flexibility index (Phi) is 7.21. The smallest absolute Gasteiger partial charge is 0.430 e. The molecule has 2 aromatic heterocycles. The zero-order valence-corrected chi connectivity index (χ0v) is 17.7. The number of nitro groups is 1. The van der Waals surface area contributed by atoms with E-state index in [9.17, 15) is 28.1 Å². The van der Waals surface area contributed by atoms with E-state index in [2.05, 4.69) is 20.3 Å². The Bertz CT molecular complexity index is 1340. The minimum absolute atomic E-state index is 0.0294. The van der Waals surface area contributed by atoms with Crippen LogP contribution in [0, 0.1) is 10.1 Å². The molecule has 0 unspecified atom stereocenters. The van der Waals surface area contributed by atoms with Crippen LogP contribution in [0.25, 0.3) is 22.6 Å². The van der Waals surface area contributed by atoms with E-state index in [1.165, 1.54) is 23.5 Å². The summed E-state index contributed by atoms with van der Waals surface area (Å²) < 4.78 is 31.5. The number of hydrogen-bond donors (Lipinski definition) is 2. The van der Waals surface area contributed by atoms with Crippen molar-refractivity contribution in [1.29, 1.82) is 0 Å². The monoisotopic (exact) mass is 493 g/mol. The van der Waals surface area contributed by atoms with Gasteiger partial charge in [-0.05, 0) is 17.7 Å². The molecule has 176 valence electrons. The number of nitro benzene ring substituents is 1. The van der Waals surface area contributed by atoms with Crippen molar-refractivity contribution in [2.24, 2.45) is 0 Å². The Morgan fingerprint density at radius 2 is 1.94 bits per heavy atom. The van der Waals surface area contributed by atoms with Crippen LogP contribution in [0.5, 0.6) is 0 Å². The number of amides is 1. The van der Waals surface area contributed by atoms with Gasteiger partial charge in [-0.25, -0.2) is 15.0 Å². The number of hydrogen-bond acceptors (Lipinski definition) is 7. The van der Waals surface area contributed by atoms with Crippen molar-refractivity contribution in [3.63, 3.8) is 0 Å². The minimum atomic E-state index is -5.19. The third kappa shape index (κ3) is 6.35. The summed E-state index contributed by atoms with van der Waals surface area (Å²) in [5.41, 5.74) is 5.51. The van der Waals surface area contributed by atoms with Gasteiger partial charge in [-0.15, -0.1) is 11.3 Å². The number of alkyl halides is 3. The number of benzene rings is 2. The molecule has 0 saturated heterocycles. The molecule has 10 nitrogen and oxygen atoms in total. The van der Waals surface area contributed by atoms with E-state index >= 15 is 0 Å². The molecule has 0 aliphatic rings. The maximum absolute atomic E-state index is 12.3. The summed E-state index contributed by atoms with van der Waals surface area (Å²) in [5.74, 6) is -2.45. The number of aliphatic carboxylic acids is 1. The van der Waals surface area contributed by atoms with E-state index < -0.39 is 17.1 Å². The summed E-state index contributed by atoms with van der Waals surface area (Å²) in [6.45, 7) is 0. The van der Waals surface area contributed by atoms with E-state index in [0.717, 1.165) is 22.6 Å². The minimum Gasteiger partial charge on any atom is -0.542 e. The van der Waals surface area contributed by atoms with Gasteiger partial charge < -0.3 is 15.2 Å². The van der Waals surface area contributed by atoms with Crippen LogP contribution in [-0.2, 0) is 16.0 Å². The number of carbonyl (C=O) groups excluding carboxylic acids is 2. The normalized spacial score (nSPS) is 10.9. The number of nitrogens with one attached hydrogen (secondary N) is 3. The number of aromatic amines is 2. The van der Waals surface area contributed by atoms with Crippen LogP contribution in [0.1, 0.15) is 5.56 Å². The summed E-state index contributed by atoms with van der Waals surface area (Å²) >= 11 is 1.51. The number of nitrogens with zero attached hydrogens (tertiary/aromatic N) is 2. The number of rotatable bonds is 5. The van der Waals surface area contributed by atoms with Gasteiger partial charge in [-0.3, -0.25) is 14.9 Å². The maximum atomic E-state index is 12.3. The highest BCUT2D eigenvalue weighted by Gasteiger charge is 2.28. The Morgan fingerprint density at radius 3 is 2.56 bits per heavy atom. The molecule has 14 heteroatoms. The first kappa shape index (κ1) is 24.3. The van der Waals surface area contributed by atoms with Gasteiger partial charge in [0, 0.05) is 29.3 Å². The number of H-pyrrole nitrogens is 2. The molecular weight excluding hydrogens is 479 g/mol. The highest BCUT2D eigenvalue weighted by Crippen LogP contribution is 2.20. The van der Waals surface area contributed by atoms with E-state index in [0.29, 0.717) is 11.3 Å². The Balaban J connectivity index is 0.000000406. The second kappa shape index (κ2) is 10.1. The molecule has 0 spiro atoms. The number of non-ortho nitro benzene ring substituents is 1. The van der Waals surface area contributed by atoms with Crippen LogP contribution in [0.15, 0.2) is 53.4 Å². The van der Waals surface area contributed by atoms with Crippen LogP contribution < -0.4 is 15.4 Å². The van der Waals surface area contributed by atoms with Crippen LogP contribution >= 0.6 is 11.3 Å². The molecule has 2 aromatic carbocycles. The topological polar surface area (TPSA) is 155 Å². The van der Waals surface area contributed by atoms with Crippen molar-refractivity contribution in [2.75, 3.05) is 5.32 Å². The molecule has 3 N–H and O–H groups in total. The summed E-state index contributed by atoms with van der Waals surface area (Å²) in [4.78, 5) is 42.2. The lowest BCUT2D eigenvalue weighted by Crippen LogP contribution is -2.37. The Labute approximate surface area is 192 Å². The van der Waals surface area contributed by atoms with Crippen LogP contribution in [0.3, 0.4) is 0 Å². The fourth-order valence-corrected chi connectivity index (χ4v) is 3.31. The number of carboxylic acid groups (broad SMARTS) is 1. The predicted octanol–water partition coefficient (Wildman–Crippen LogP) is 2.49. The molecule has 0 aliphatic carbocycles. The van der Waals surface area contributed by atoms with Crippen molar-refractivity contribution in [1.82, 2.24) is 9.97 Å². The molecule has 4 rings (SSSR count). The van der Waals surface area contributed by atoms with Gasteiger partial charge in [-0.2, -0.15) is 13.2 Å². The molecule has 0 saturated carbocycles. The third-order valence-corrected chi connectivity index (χ3v) is 4.82. The van der Waals surface area contributed by atoms with Crippen molar-refractivity contribution >= 4 is 45.6 Å². The van der Waals surface area contributed by atoms with Gasteiger partial charge in [0.2, 0.25) is 5.91 Å². The lowest BCUT2D eigenvalue weighted by Gasteiger charge is -2.04. The second-order valence-corrected chi connectivity index (χ2v) is 7.41. The molecule has 34 heavy (non-hydrogen) atoms. The van der Waals surface area contributed by atoms with Crippen molar-refractivity contribution in [3.8, 4) is 11.5 Å². The van der Waals surface area contributed by atoms with Crippen molar-refractivity contribution < 1.29 is 37.8 Å². The number of imidazole rings is 1. The first-order chi connectivity index (χ1) is 16.0. The summed E-state index contributed by atoms with van der Waals surface area (Å²) in [6, 6.07) is 11.6. The maximum Gasteiger partial charge on any atom is 0.430 e. The Morgan fingerprint density at radius 1 is 1.21 bits per heavy atom. The Hall–Kier alpha value is -4.33. The zero-order chi connectivity index (χ0) is 24.9. The molecule has 0 bridgehead atoms. The number of aromatic nitrogens is 3. The number of thiazole rings is 1. The van der Waals surface area contributed by atoms with Crippen molar-refractivity contribution in [2.45, 2.75) is 12.6 Å². The predicted molar refractivity (Wildman–Crippen MR) is 112 cm³/mol. The van der Waals surface area contributed by atoms with Crippen LogP contribution in [0.4, 0.5) is 24.5 Å². The van der Waals surface area contributed by atoms with Gasteiger partial charge >= 0.3 is 12.0 Å². The number of fused-ring (bicyclic) bond motifs is 1. The molecule has 1 amide bonds. The standard InChI is InChI=1S/C18H13N5O3S.C2HF3O2/c24-17(7-11-2-1-3-13(6-11)23(25)26)20-12-4-5-14-15(8-12)22-18(21-14)16-9-27-10-19-16;3-2(4,5)1(6)7/h1-6,8-10H,7H2,(H,20,24)(H,21,22);(H,6,7). The lowest BCUT2D eigenvalue weighted by atomic mass is 10.1. The molecule has 4 aromatic rings. The quantitative estimate of drug-likeness (QED) is 0.321. The highest BCUT2D eigenvalue weighted by atomic mass is 32.1. The summed E-state index contributed by atoms with van der Waals surface area (Å²) in [6.07, 6.45) is -5.14. The van der Waals surface area contributed by atoms with E-state index in [-0.39, 0.29) is 18.0 Å². The largest absolute Gasteiger partial charge is 0.542 e. The van der Waals surface area contributed by atoms with E-state index in [4.69, 9.17) is 9.90 Å². The van der Waals surface area contributed by atoms with E-state index in [1.807, 2.05) is 17.5 Å². The fraction of sp³-hybridized carbons (Fsp3) is 0.100. The molecule has 0 aliphatic heterocycles. The zero-order valence-electron chi connectivity index (χ0n) is 16.9. The molecule has 0 atom stereocenters.